The van der Waals surface area contributed by atoms with E-state index < -0.39 is 34.8 Å². The number of nitrogens with zero attached hydrogens (tertiary/aromatic N) is 3. The van der Waals surface area contributed by atoms with Gasteiger partial charge in [-0.15, -0.1) is 0 Å². The van der Waals surface area contributed by atoms with E-state index in [0.29, 0.717) is 0 Å². The van der Waals surface area contributed by atoms with Crippen molar-refractivity contribution in [1.82, 2.24) is 0 Å². The molecule has 1 heterocycles. The van der Waals surface area contributed by atoms with Gasteiger partial charge in [0.05, 0.1) is 12.4 Å². The molecule has 18 heavy (non-hydrogen) atoms. The number of rotatable bonds is 2. The van der Waals surface area contributed by atoms with Crippen molar-refractivity contribution in [2.45, 2.75) is 0 Å². The predicted octanol–water partition coefficient (Wildman–Crippen LogP) is 2.22. The molecule has 1 aliphatic heterocycles. The van der Waals surface area contributed by atoms with Crippen molar-refractivity contribution in [2.75, 3.05) is 5.43 Å². The Kier molecular flexibility index (Phi) is 3.04. The molecule has 0 spiro atoms. The summed E-state index contributed by atoms with van der Waals surface area (Å²) >= 11 is 0. The molecule has 1 aromatic carbocycles. The van der Waals surface area contributed by atoms with Crippen molar-refractivity contribution in [2.24, 2.45) is 15.3 Å². The van der Waals surface area contributed by atoms with Crippen LogP contribution in [0.3, 0.4) is 0 Å². The zero-order chi connectivity index (χ0) is 13.3. The first-order valence-electron chi connectivity index (χ1n) is 4.44. The van der Waals surface area contributed by atoms with Crippen LogP contribution in [0.5, 0.6) is 0 Å². The second kappa shape index (κ2) is 4.51. The number of hydrogen-bond donors (Lipinski definition) is 1. The average molecular weight is 262 g/mol. The second-order valence-electron chi connectivity index (χ2n) is 3.08. The number of anilines is 1. The van der Waals surface area contributed by atoms with E-state index in [1.54, 1.807) is 5.43 Å². The topological polar surface area (TPSA) is 49.1 Å². The summed E-state index contributed by atoms with van der Waals surface area (Å²) in [5.41, 5.74) is 0.566. The highest BCUT2D eigenvalue weighted by atomic mass is 19.2. The fraction of sp³-hybridized carbons (Fsp3) is 0. The number of nitrogens with one attached hydrogen (secondary N) is 1. The molecule has 0 aliphatic carbocycles. The predicted molar refractivity (Wildman–Crippen MR) is 54.3 cm³/mol. The lowest BCUT2D eigenvalue weighted by Gasteiger charge is -2.06. The van der Waals surface area contributed by atoms with Gasteiger partial charge in [-0.25, -0.2) is 22.0 Å². The average Bonchev–Trinajstić information content (AvgIpc) is 2.87. The summed E-state index contributed by atoms with van der Waals surface area (Å²) in [6.07, 6.45) is 2.25. The van der Waals surface area contributed by atoms with Crippen LogP contribution in [0.4, 0.5) is 27.6 Å². The molecule has 1 aliphatic rings. The SMILES string of the molecule is Fc1c(F)c(F)c(NN=C2C=NN=C2)c(F)c1F. The Morgan fingerprint density at radius 3 is 1.72 bits per heavy atom. The van der Waals surface area contributed by atoms with Gasteiger partial charge in [0.15, 0.2) is 23.3 Å². The molecule has 4 nitrogen and oxygen atoms in total. The van der Waals surface area contributed by atoms with Crippen LogP contribution in [-0.4, -0.2) is 18.1 Å². The van der Waals surface area contributed by atoms with Crippen molar-refractivity contribution < 1.29 is 22.0 Å². The maximum Gasteiger partial charge on any atom is 0.200 e. The normalized spacial score (nSPS) is 13.3. The largest absolute Gasteiger partial charge is 0.272 e. The molecule has 0 fully saturated rings. The third kappa shape index (κ3) is 1.94. The molecule has 0 unspecified atom stereocenters. The molecule has 2 rings (SSSR count). The highest BCUT2D eigenvalue weighted by molar-refractivity contribution is 6.57. The lowest BCUT2D eigenvalue weighted by molar-refractivity contribution is 0.381. The Labute approximate surface area is 96.5 Å². The molecule has 0 radical (unpaired) electrons. The summed E-state index contributed by atoms with van der Waals surface area (Å²) in [6.45, 7) is 0. The fourth-order valence-electron chi connectivity index (χ4n) is 1.10. The minimum atomic E-state index is -2.23. The summed E-state index contributed by atoms with van der Waals surface area (Å²) in [4.78, 5) is 0. The highest BCUT2D eigenvalue weighted by Crippen LogP contribution is 2.26. The molecule has 9 heteroatoms. The molecular formula is C9H3F5N4. The minimum Gasteiger partial charge on any atom is -0.272 e. The molecule has 1 N–H and O–H groups in total. The van der Waals surface area contributed by atoms with E-state index in [2.05, 4.69) is 15.3 Å². The van der Waals surface area contributed by atoms with E-state index in [0.717, 1.165) is 12.4 Å². The van der Waals surface area contributed by atoms with E-state index >= 15 is 0 Å². The Morgan fingerprint density at radius 1 is 0.778 bits per heavy atom. The summed E-state index contributed by atoms with van der Waals surface area (Å²) in [5.74, 6) is -10.3. The Hall–Kier alpha value is -2.32. The summed E-state index contributed by atoms with van der Waals surface area (Å²) in [7, 11) is 0. The van der Waals surface area contributed by atoms with E-state index in [1.807, 2.05) is 0 Å². The smallest absolute Gasteiger partial charge is 0.200 e. The van der Waals surface area contributed by atoms with Gasteiger partial charge in [-0.1, -0.05) is 0 Å². The summed E-state index contributed by atoms with van der Waals surface area (Å²) in [5, 5.41) is 10.1. The van der Waals surface area contributed by atoms with Gasteiger partial charge in [0, 0.05) is 0 Å². The van der Waals surface area contributed by atoms with Crippen LogP contribution < -0.4 is 5.43 Å². The molecule has 0 bridgehead atoms. The van der Waals surface area contributed by atoms with E-state index in [1.165, 1.54) is 0 Å². The van der Waals surface area contributed by atoms with Crippen LogP contribution >= 0.6 is 0 Å². The van der Waals surface area contributed by atoms with Crippen molar-refractivity contribution in [1.29, 1.82) is 0 Å². The quantitative estimate of drug-likeness (QED) is 0.378. The summed E-state index contributed by atoms with van der Waals surface area (Å²) in [6, 6.07) is 0. The van der Waals surface area contributed by atoms with E-state index in [4.69, 9.17) is 0 Å². The van der Waals surface area contributed by atoms with E-state index in [-0.39, 0.29) is 5.71 Å². The van der Waals surface area contributed by atoms with Gasteiger partial charge in [-0.05, 0) is 0 Å². The standard InChI is InChI=1S/C9H3F5N4/c10-4-5(11)7(13)9(8(14)6(4)12)18-17-3-1-15-16-2-3/h1-2,18H. The molecule has 0 saturated heterocycles. The molecule has 0 saturated carbocycles. The zero-order valence-corrected chi connectivity index (χ0v) is 8.39. The van der Waals surface area contributed by atoms with Crippen LogP contribution in [0.15, 0.2) is 15.3 Å². The van der Waals surface area contributed by atoms with Gasteiger partial charge in [0.1, 0.15) is 11.4 Å². The third-order valence-electron chi connectivity index (χ3n) is 1.95. The summed E-state index contributed by atoms with van der Waals surface area (Å²) < 4.78 is 64.6. The fourth-order valence-corrected chi connectivity index (χ4v) is 1.10. The number of hydrazone groups is 1. The van der Waals surface area contributed by atoms with Gasteiger partial charge in [-0.3, -0.25) is 5.43 Å². The van der Waals surface area contributed by atoms with Crippen LogP contribution in [0.25, 0.3) is 0 Å². The molecule has 0 amide bonds. The van der Waals surface area contributed by atoms with Crippen LogP contribution in [-0.2, 0) is 0 Å². The number of hydrogen-bond acceptors (Lipinski definition) is 4. The van der Waals surface area contributed by atoms with Crippen molar-refractivity contribution >= 4 is 23.8 Å². The van der Waals surface area contributed by atoms with Crippen LogP contribution in [0.2, 0.25) is 0 Å². The highest BCUT2D eigenvalue weighted by Gasteiger charge is 2.25. The molecule has 0 aromatic heterocycles. The van der Waals surface area contributed by atoms with E-state index in [9.17, 15) is 22.0 Å². The minimum absolute atomic E-state index is 0.0685. The zero-order valence-electron chi connectivity index (χ0n) is 8.39. The first-order valence-corrected chi connectivity index (χ1v) is 4.44. The molecular weight excluding hydrogens is 259 g/mol. The molecule has 94 valence electrons. The van der Waals surface area contributed by atoms with Crippen molar-refractivity contribution in [3.05, 3.63) is 29.1 Å². The molecule has 1 aromatic rings. The van der Waals surface area contributed by atoms with Crippen molar-refractivity contribution in [3.63, 3.8) is 0 Å². The van der Waals surface area contributed by atoms with Crippen molar-refractivity contribution in [3.8, 4) is 0 Å². The maximum atomic E-state index is 13.2. The Morgan fingerprint density at radius 2 is 1.22 bits per heavy atom. The monoisotopic (exact) mass is 262 g/mol. The van der Waals surface area contributed by atoms with Gasteiger partial charge < -0.3 is 0 Å². The van der Waals surface area contributed by atoms with Gasteiger partial charge in [-0.2, -0.15) is 15.3 Å². The lowest BCUT2D eigenvalue weighted by atomic mass is 10.2. The first kappa shape index (κ1) is 12.1. The van der Waals surface area contributed by atoms with Gasteiger partial charge >= 0.3 is 0 Å². The van der Waals surface area contributed by atoms with Gasteiger partial charge in [0.2, 0.25) is 5.82 Å². The lowest BCUT2D eigenvalue weighted by Crippen LogP contribution is -2.09. The second-order valence-corrected chi connectivity index (χ2v) is 3.08. The first-order chi connectivity index (χ1) is 8.52. The Balaban J connectivity index is 2.42. The molecule has 0 atom stereocenters. The maximum absolute atomic E-state index is 13.2. The van der Waals surface area contributed by atoms with Crippen LogP contribution in [0.1, 0.15) is 0 Å². The Bertz CT molecular complexity index is 550. The number of benzene rings is 1. The van der Waals surface area contributed by atoms with Crippen LogP contribution in [0, 0.1) is 29.1 Å². The van der Waals surface area contributed by atoms with Gasteiger partial charge in [0.25, 0.3) is 0 Å². The number of halogens is 5. The third-order valence-corrected chi connectivity index (χ3v) is 1.95.